The first-order valence-corrected chi connectivity index (χ1v) is 10.5. The summed E-state index contributed by atoms with van der Waals surface area (Å²) in [5.74, 6) is -0.523. The Morgan fingerprint density at radius 2 is 1.93 bits per heavy atom. The SMILES string of the molecule is CC(=O)N1C[C@@H]2C[C@H](C1)c1cc(-c3ccc(S(N)(=O)=O)cc3F)cc(=O)n1C2. The molecule has 0 radical (unpaired) electrons. The van der Waals surface area contributed by atoms with E-state index in [1.807, 2.05) is 0 Å². The monoisotopic (exact) mass is 405 g/mol. The Bertz CT molecular complexity index is 1140. The molecule has 2 aromatic rings. The summed E-state index contributed by atoms with van der Waals surface area (Å²) in [6.07, 6.45) is 0.875. The summed E-state index contributed by atoms with van der Waals surface area (Å²) in [5.41, 5.74) is 1.07. The number of amides is 1. The zero-order valence-electron chi connectivity index (χ0n) is 15.3. The summed E-state index contributed by atoms with van der Waals surface area (Å²) in [4.78, 5) is 26.0. The number of piperidine rings is 1. The fourth-order valence-electron chi connectivity index (χ4n) is 4.28. The summed E-state index contributed by atoms with van der Waals surface area (Å²) in [7, 11) is -4.02. The summed E-state index contributed by atoms with van der Waals surface area (Å²) in [5, 5.41) is 5.04. The first-order chi connectivity index (χ1) is 13.1. The molecule has 1 aromatic carbocycles. The molecule has 0 aliphatic carbocycles. The van der Waals surface area contributed by atoms with Gasteiger partial charge < -0.3 is 9.47 Å². The average molecular weight is 405 g/mol. The summed E-state index contributed by atoms with van der Waals surface area (Å²) < 4.78 is 39.1. The maximum absolute atomic E-state index is 14.6. The number of carbonyl (C=O) groups is 1. The van der Waals surface area contributed by atoms with E-state index in [-0.39, 0.29) is 33.8 Å². The molecule has 9 heteroatoms. The van der Waals surface area contributed by atoms with Crippen LogP contribution in [0.1, 0.15) is 25.0 Å². The van der Waals surface area contributed by atoms with E-state index in [1.165, 1.54) is 25.1 Å². The van der Waals surface area contributed by atoms with Crippen LogP contribution in [-0.4, -0.2) is 36.9 Å². The molecule has 0 unspecified atom stereocenters. The van der Waals surface area contributed by atoms with E-state index in [2.05, 4.69) is 0 Å². The number of nitrogens with two attached hydrogens (primary N) is 1. The lowest BCUT2D eigenvalue weighted by molar-refractivity contribution is -0.131. The van der Waals surface area contributed by atoms with Crippen LogP contribution in [0.4, 0.5) is 4.39 Å². The predicted molar refractivity (Wildman–Crippen MR) is 101 cm³/mol. The zero-order valence-corrected chi connectivity index (χ0v) is 16.1. The van der Waals surface area contributed by atoms with E-state index >= 15 is 0 Å². The van der Waals surface area contributed by atoms with Gasteiger partial charge in [0.2, 0.25) is 15.9 Å². The number of likely N-dealkylation sites (tertiary alicyclic amines) is 1. The number of halogens is 1. The molecule has 7 nitrogen and oxygen atoms in total. The molecule has 2 aliphatic rings. The van der Waals surface area contributed by atoms with E-state index in [0.717, 1.165) is 18.2 Å². The van der Waals surface area contributed by atoms with Crippen molar-refractivity contribution in [2.24, 2.45) is 11.1 Å². The van der Waals surface area contributed by atoms with Gasteiger partial charge in [-0.1, -0.05) is 6.07 Å². The maximum atomic E-state index is 14.6. The highest BCUT2D eigenvalue weighted by molar-refractivity contribution is 7.89. The van der Waals surface area contributed by atoms with Gasteiger partial charge in [0.15, 0.2) is 0 Å². The maximum Gasteiger partial charge on any atom is 0.251 e. The molecule has 1 fully saturated rings. The van der Waals surface area contributed by atoms with Crippen molar-refractivity contribution in [3.05, 3.63) is 52.2 Å². The van der Waals surface area contributed by atoms with Crippen LogP contribution in [0.5, 0.6) is 0 Å². The predicted octanol–water partition coefficient (Wildman–Crippen LogP) is 1.27. The van der Waals surface area contributed by atoms with E-state index in [0.29, 0.717) is 25.2 Å². The molecule has 2 aliphatic heterocycles. The van der Waals surface area contributed by atoms with E-state index in [4.69, 9.17) is 5.14 Å². The molecule has 28 heavy (non-hydrogen) atoms. The normalized spacial score (nSPS) is 21.3. The molecule has 2 atom stereocenters. The Morgan fingerprint density at radius 3 is 2.57 bits per heavy atom. The van der Waals surface area contributed by atoms with Gasteiger partial charge in [0, 0.05) is 49.8 Å². The lowest BCUT2D eigenvalue weighted by atomic mass is 9.82. The minimum atomic E-state index is -4.02. The van der Waals surface area contributed by atoms with Crippen LogP contribution in [0.15, 0.2) is 40.0 Å². The summed E-state index contributed by atoms with van der Waals surface area (Å²) in [6, 6.07) is 6.52. The standard InChI is InChI=1S/C19H20FN3O4S/c1-11(24)22-8-12-4-14(10-22)18-5-13(6-19(25)23(18)9-12)16-3-2-15(7-17(16)20)28(21,26)27/h2-3,5-7,12,14H,4,8-10H2,1H3,(H2,21,26,27)/t12-,14+/m0/s1. The van der Waals surface area contributed by atoms with Crippen molar-refractivity contribution in [3.8, 4) is 11.1 Å². The van der Waals surface area contributed by atoms with Gasteiger partial charge in [-0.05, 0) is 36.1 Å². The van der Waals surface area contributed by atoms with Crippen LogP contribution >= 0.6 is 0 Å². The number of nitrogens with zero attached hydrogens (tertiary/aromatic N) is 2. The first kappa shape index (κ1) is 18.8. The summed E-state index contributed by atoms with van der Waals surface area (Å²) >= 11 is 0. The average Bonchev–Trinajstić information content (AvgIpc) is 2.61. The number of carbonyl (C=O) groups excluding carboxylic acids is 1. The third-order valence-electron chi connectivity index (χ3n) is 5.58. The Kier molecular flexibility index (Phi) is 4.39. The Morgan fingerprint density at radius 1 is 1.18 bits per heavy atom. The second-order valence-electron chi connectivity index (χ2n) is 7.53. The van der Waals surface area contributed by atoms with E-state index in [9.17, 15) is 22.4 Å². The fourth-order valence-corrected chi connectivity index (χ4v) is 4.80. The number of primary sulfonamides is 1. The van der Waals surface area contributed by atoms with Crippen molar-refractivity contribution in [2.75, 3.05) is 13.1 Å². The third-order valence-corrected chi connectivity index (χ3v) is 6.49. The van der Waals surface area contributed by atoms with Gasteiger partial charge in [0.25, 0.3) is 5.56 Å². The molecular weight excluding hydrogens is 385 g/mol. The molecular formula is C19H20FN3O4S. The van der Waals surface area contributed by atoms with Crippen LogP contribution in [-0.2, 0) is 21.4 Å². The molecule has 1 amide bonds. The van der Waals surface area contributed by atoms with Gasteiger partial charge in [0.05, 0.1) is 4.90 Å². The van der Waals surface area contributed by atoms with Crippen molar-refractivity contribution in [1.82, 2.24) is 9.47 Å². The molecule has 1 aromatic heterocycles. The van der Waals surface area contributed by atoms with Crippen LogP contribution in [0.25, 0.3) is 11.1 Å². The van der Waals surface area contributed by atoms with Crippen LogP contribution < -0.4 is 10.7 Å². The van der Waals surface area contributed by atoms with Crippen molar-refractivity contribution >= 4 is 15.9 Å². The number of sulfonamides is 1. The van der Waals surface area contributed by atoms with Gasteiger partial charge in [-0.2, -0.15) is 0 Å². The number of aromatic nitrogens is 1. The first-order valence-electron chi connectivity index (χ1n) is 8.96. The zero-order chi connectivity index (χ0) is 20.2. The van der Waals surface area contributed by atoms with Crippen LogP contribution in [0.3, 0.4) is 0 Å². The highest BCUT2D eigenvalue weighted by Gasteiger charge is 2.35. The minimum Gasteiger partial charge on any atom is -0.342 e. The highest BCUT2D eigenvalue weighted by atomic mass is 32.2. The number of pyridine rings is 1. The molecule has 0 spiro atoms. The molecule has 2 bridgehead atoms. The second kappa shape index (κ2) is 6.52. The topological polar surface area (TPSA) is 102 Å². The summed E-state index contributed by atoms with van der Waals surface area (Å²) in [6.45, 7) is 3.24. The minimum absolute atomic E-state index is 0.00581. The van der Waals surface area contributed by atoms with Gasteiger partial charge in [0.1, 0.15) is 5.82 Å². The second-order valence-corrected chi connectivity index (χ2v) is 9.09. The molecule has 1 saturated heterocycles. The van der Waals surface area contributed by atoms with Crippen molar-refractivity contribution in [1.29, 1.82) is 0 Å². The largest absolute Gasteiger partial charge is 0.342 e. The smallest absolute Gasteiger partial charge is 0.251 e. The molecule has 3 heterocycles. The number of hydrogen-bond acceptors (Lipinski definition) is 4. The lowest BCUT2D eigenvalue weighted by Gasteiger charge is -2.42. The van der Waals surface area contributed by atoms with Gasteiger partial charge in [-0.3, -0.25) is 9.59 Å². The van der Waals surface area contributed by atoms with E-state index in [1.54, 1.807) is 15.5 Å². The van der Waals surface area contributed by atoms with Crippen LogP contribution in [0.2, 0.25) is 0 Å². The Hall–Kier alpha value is -2.52. The number of fused-ring (bicyclic) bond motifs is 4. The number of benzene rings is 1. The number of rotatable bonds is 2. The molecule has 2 N–H and O–H groups in total. The fraction of sp³-hybridized carbons (Fsp3) is 0.368. The third kappa shape index (κ3) is 3.24. The van der Waals surface area contributed by atoms with E-state index < -0.39 is 15.8 Å². The lowest BCUT2D eigenvalue weighted by Crippen LogP contribution is -2.48. The molecule has 148 valence electrons. The molecule has 0 saturated carbocycles. The highest BCUT2D eigenvalue weighted by Crippen LogP contribution is 2.37. The molecule has 4 rings (SSSR count). The van der Waals surface area contributed by atoms with Crippen molar-refractivity contribution in [3.63, 3.8) is 0 Å². The van der Waals surface area contributed by atoms with Crippen LogP contribution in [0, 0.1) is 11.7 Å². The van der Waals surface area contributed by atoms with Crippen molar-refractivity contribution in [2.45, 2.75) is 30.7 Å². The number of hydrogen-bond donors (Lipinski definition) is 1. The Balaban J connectivity index is 1.79. The van der Waals surface area contributed by atoms with Gasteiger partial charge in [-0.25, -0.2) is 17.9 Å². The quantitative estimate of drug-likeness (QED) is 0.813. The Labute approximate surface area is 161 Å². The van der Waals surface area contributed by atoms with Crippen molar-refractivity contribution < 1.29 is 17.6 Å². The van der Waals surface area contributed by atoms with Gasteiger partial charge >= 0.3 is 0 Å². The van der Waals surface area contributed by atoms with Gasteiger partial charge in [-0.15, -0.1) is 0 Å².